The first kappa shape index (κ1) is 15.1. The molecule has 0 saturated heterocycles. The van der Waals surface area contributed by atoms with Crippen molar-refractivity contribution < 1.29 is 4.92 Å². The van der Waals surface area contributed by atoms with E-state index in [9.17, 15) is 10.1 Å². The Balaban J connectivity index is 3.05. The number of aryl methyl sites for hydroxylation is 1. The number of alkyl halides is 1. The topological polar surface area (TPSA) is 56.0 Å². The fourth-order valence-corrected chi connectivity index (χ4v) is 2.27. The van der Waals surface area contributed by atoms with Crippen LogP contribution < -0.4 is 0 Å². The van der Waals surface area contributed by atoms with Gasteiger partial charge in [0.05, 0.1) is 10.6 Å². The van der Waals surface area contributed by atoms with Crippen LogP contribution in [0.4, 0.5) is 5.69 Å². The highest BCUT2D eigenvalue weighted by Crippen LogP contribution is 2.27. The van der Waals surface area contributed by atoms with E-state index in [4.69, 9.17) is 0 Å². The lowest BCUT2D eigenvalue weighted by Crippen LogP contribution is -2.15. The first-order chi connectivity index (χ1) is 8.38. The van der Waals surface area contributed by atoms with Crippen molar-refractivity contribution in [3.63, 3.8) is 0 Å². The van der Waals surface area contributed by atoms with Crippen molar-refractivity contribution in [2.75, 3.05) is 0 Å². The van der Waals surface area contributed by atoms with Gasteiger partial charge in [-0.15, -0.1) is 0 Å². The van der Waals surface area contributed by atoms with Gasteiger partial charge in [0, 0.05) is 22.2 Å². The lowest BCUT2D eigenvalue weighted by atomic mass is 9.96. The number of nitro groups is 1. The maximum atomic E-state index is 11.0. The standard InChI is InChI=1S/C13H19BrN2O2/c1-5-11(14)8(2)6-12-10(4)13(16(17)18)9(3)7-15-12/h7-8,11H,5-6H2,1-4H3. The van der Waals surface area contributed by atoms with E-state index in [0.717, 1.165) is 18.5 Å². The third-order valence-corrected chi connectivity index (χ3v) is 4.83. The predicted molar refractivity (Wildman–Crippen MR) is 76.2 cm³/mol. The molecule has 1 rings (SSSR count). The number of aromatic nitrogens is 1. The minimum Gasteiger partial charge on any atom is -0.260 e. The molecule has 0 amide bonds. The summed E-state index contributed by atoms with van der Waals surface area (Å²) in [7, 11) is 0. The van der Waals surface area contributed by atoms with E-state index in [1.54, 1.807) is 20.0 Å². The molecule has 0 aliphatic carbocycles. The van der Waals surface area contributed by atoms with Crippen molar-refractivity contribution in [1.82, 2.24) is 4.98 Å². The van der Waals surface area contributed by atoms with Gasteiger partial charge in [-0.05, 0) is 32.6 Å². The van der Waals surface area contributed by atoms with E-state index >= 15 is 0 Å². The number of hydrogen-bond acceptors (Lipinski definition) is 3. The van der Waals surface area contributed by atoms with Crippen molar-refractivity contribution in [3.8, 4) is 0 Å². The largest absolute Gasteiger partial charge is 0.278 e. The Hall–Kier alpha value is -0.970. The molecule has 100 valence electrons. The van der Waals surface area contributed by atoms with Crippen molar-refractivity contribution in [2.45, 2.75) is 45.4 Å². The summed E-state index contributed by atoms with van der Waals surface area (Å²) in [5, 5.41) is 11.0. The normalized spacial score (nSPS) is 14.3. The molecule has 2 atom stereocenters. The number of halogens is 1. The summed E-state index contributed by atoms with van der Waals surface area (Å²) in [5.41, 5.74) is 2.36. The Labute approximate surface area is 116 Å². The molecule has 0 spiro atoms. The van der Waals surface area contributed by atoms with Crippen molar-refractivity contribution >= 4 is 21.6 Å². The van der Waals surface area contributed by atoms with Gasteiger partial charge in [0.25, 0.3) is 5.69 Å². The van der Waals surface area contributed by atoms with Crippen LogP contribution in [0.25, 0.3) is 0 Å². The first-order valence-electron chi connectivity index (χ1n) is 6.12. The van der Waals surface area contributed by atoms with Gasteiger partial charge in [-0.1, -0.05) is 29.8 Å². The van der Waals surface area contributed by atoms with Gasteiger partial charge in [-0.25, -0.2) is 0 Å². The van der Waals surface area contributed by atoms with Crippen molar-refractivity contribution in [1.29, 1.82) is 0 Å². The molecule has 1 aromatic heterocycles. The molecule has 0 aromatic carbocycles. The maximum absolute atomic E-state index is 11.0. The third kappa shape index (κ3) is 3.28. The molecular formula is C13H19BrN2O2. The summed E-state index contributed by atoms with van der Waals surface area (Å²) < 4.78 is 0. The van der Waals surface area contributed by atoms with Gasteiger partial charge >= 0.3 is 0 Å². The van der Waals surface area contributed by atoms with Crippen LogP contribution in [0.15, 0.2) is 6.20 Å². The molecule has 4 nitrogen and oxygen atoms in total. The van der Waals surface area contributed by atoms with Crippen LogP contribution >= 0.6 is 15.9 Å². The predicted octanol–water partition coefficient (Wildman–Crippen LogP) is 3.96. The zero-order valence-electron chi connectivity index (χ0n) is 11.2. The maximum Gasteiger partial charge on any atom is 0.278 e. The van der Waals surface area contributed by atoms with Gasteiger partial charge in [0.15, 0.2) is 0 Å². The highest BCUT2D eigenvalue weighted by Gasteiger charge is 2.21. The number of rotatable bonds is 5. The zero-order chi connectivity index (χ0) is 13.9. The average molecular weight is 315 g/mol. The van der Waals surface area contributed by atoms with E-state index < -0.39 is 0 Å². The molecule has 5 heteroatoms. The Morgan fingerprint density at radius 1 is 1.50 bits per heavy atom. The van der Waals surface area contributed by atoms with E-state index in [1.165, 1.54) is 0 Å². The Morgan fingerprint density at radius 3 is 2.61 bits per heavy atom. The average Bonchev–Trinajstić information content (AvgIpc) is 2.31. The van der Waals surface area contributed by atoms with Crippen molar-refractivity contribution in [3.05, 3.63) is 33.1 Å². The smallest absolute Gasteiger partial charge is 0.260 e. The van der Waals surface area contributed by atoms with Gasteiger partial charge < -0.3 is 0 Å². The van der Waals surface area contributed by atoms with E-state index in [-0.39, 0.29) is 10.6 Å². The molecule has 2 unspecified atom stereocenters. The summed E-state index contributed by atoms with van der Waals surface area (Å²) in [5.74, 6) is 0.406. The molecule has 1 heterocycles. The van der Waals surface area contributed by atoms with E-state index in [0.29, 0.717) is 21.9 Å². The Morgan fingerprint density at radius 2 is 2.11 bits per heavy atom. The summed E-state index contributed by atoms with van der Waals surface area (Å²) in [4.78, 5) is 15.5. The Kier molecular flexibility index (Phi) is 5.26. The summed E-state index contributed by atoms with van der Waals surface area (Å²) in [6, 6.07) is 0. The number of pyridine rings is 1. The van der Waals surface area contributed by atoms with Crippen LogP contribution in [-0.4, -0.2) is 14.7 Å². The zero-order valence-corrected chi connectivity index (χ0v) is 12.8. The van der Waals surface area contributed by atoms with Gasteiger partial charge in [-0.2, -0.15) is 0 Å². The van der Waals surface area contributed by atoms with Crippen molar-refractivity contribution in [2.24, 2.45) is 5.92 Å². The fraction of sp³-hybridized carbons (Fsp3) is 0.615. The van der Waals surface area contributed by atoms with Crippen LogP contribution in [-0.2, 0) is 6.42 Å². The molecule has 0 bridgehead atoms. The summed E-state index contributed by atoms with van der Waals surface area (Å²) in [6.45, 7) is 7.77. The highest BCUT2D eigenvalue weighted by molar-refractivity contribution is 9.09. The van der Waals surface area contributed by atoms with E-state index in [1.807, 2.05) is 0 Å². The summed E-state index contributed by atoms with van der Waals surface area (Å²) in [6.07, 6.45) is 3.40. The molecule has 0 aliphatic heterocycles. The van der Waals surface area contributed by atoms with Crippen LogP contribution in [0, 0.1) is 29.9 Å². The molecule has 18 heavy (non-hydrogen) atoms. The van der Waals surface area contributed by atoms with Gasteiger partial charge in [0.1, 0.15) is 0 Å². The second-order valence-corrected chi connectivity index (χ2v) is 5.90. The molecule has 0 N–H and O–H groups in total. The molecule has 0 saturated carbocycles. The van der Waals surface area contributed by atoms with E-state index in [2.05, 4.69) is 34.8 Å². The van der Waals surface area contributed by atoms with Crippen LogP contribution in [0.1, 0.15) is 37.1 Å². The number of nitrogens with zero attached hydrogens (tertiary/aromatic N) is 2. The van der Waals surface area contributed by atoms with Crippen LogP contribution in [0.3, 0.4) is 0 Å². The third-order valence-electron chi connectivity index (χ3n) is 3.28. The monoisotopic (exact) mass is 314 g/mol. The lowest BCUT2D eigenvalue weighted by molar-refractivity contribution is -0.386. The quantitative estimate of drug-likeness (QED) is 0.469. The second kappa shape index (κ2) is 6.27. The van der Waals surface area contributed by atoms with Crippen LogP contribution in [0.5, 0.6) is 0 Å². The first-order valence-corrected chi connectivity index (χ1v) is 7.03. The molecular weight excluding hydrogens is 296 g/mol. The molecule has 0 radical (unpaired) electrons. The Bertz CT molecular complexity index is 449. The highest BCUT2D eigenvalue weighted by atomic mass is 79.9. The minimum atomic E-state index is -0.314. The lowest BCUT2D eigenvalue weighted by Gasteiger charge is -2.17. The second-order valence-electron chi connectivity index (χ2n) is 4.72. The summed E-state index contributed by atoms with van der Waals surface area (Å²) >= 11 is 3.62. The van der Waals surface area contributed by atoms with Gasteiger partial charge in [-0.3, -0.25) is 15.1 Å². The molecule has 1 aromatic rings. The molecule has 0 fully saturated rings. The van der Waals surface area contributed by atoms with Gasteiger partial charge in [0.2, 0.25) is 0 Å². The van der Waals surface area contributed by atoms with Crippen LogP contribution in [0.2, 0.25) is 0 Å². The SMILES string of the molecule is CCC(Br)C(C)Cc1ncc(C)c([N+](=O)[O-])c1C. The fourth-order valence-electron chi connectivity index (χ4n) is 2.09. The number of hydrogen-bond donors (Lipinski definition) is 0. The minimum absolute atomic E-state index is 0.204. The molecule has 0 aliphatic rings.